The Balaban J connectivity index is 0.979. The van der Waals surface area contributed by atoms with E-state index >= 15 is 0 Å². The maximum Gasteiger partial charge on any atom is 0.411 e. The van der Waals surface area contributed by atoms with Gasteiger partial charge in [0, 0.05) is 38.3 Å². The highest BCUT2D eigenvalue weighted by atomic mass is 16.6. The van der Waals surface area contributed by atoms with Crippen molar-refractivity contribution < 1.29 is 24.2 Å². The van der Waals surface area contributed by atoms with Crippen LogP contribution in [0.4, 0.5) is 10.5 Å². The van der Waals surface area contributed by atoms with Crippen LogP contribution in [0, 0.1) is 0 Å². The fourth-order valence-corrected chi connectivity index (χ4v) is 5.74. The van der Waals surface area contributed by atoms with Crippen LogP contribution in [0.25, 0.3) is 11.1 Å². The summed E-state index contributed by atoms with van der Waals surface area (Å²) in [5.41, 5.74) is 5.47. The molecule has 4 N–H and O–H groups in total. The topological polar surface area (TPSA) is 112 Å². The highest BCUT2D eigenvalue weighted by Gasteiger charge is 2.23. The molecule has 0 radical (unpaired) electrons. The minimum atomic E-state index is -0.433. The first kappa shape index (κ1) is 33.7. The van der Waals surface area contributed by atoms with Gasteiger partial charge in [0.1, 0.15) is 17.6 Å². The smallest absolute Gasteiger partial charge is 0.411 e. The number of amides is 1. The van der Waals surface area contributed by atoms with E-state index in [-0.39, 0.29) is 24.2 Å². The summed E-state index contributed by atoms with van der Waals surface area (Å²) in [6, 6.07) is 30.6. The number of nitrogens with zero attached hydrogens (tertiary/aromatic N) is 1. The van der Waals surface area contributed by atoms with Gasteiger partial charge in [0.15, 0.2) is 5.78 Å². The number of methoxy groups -OCH3 is 1. The SMILES string of the molecule is COc1cc(CNCCc2ccc(O)cc2)ccc1C(=O)CNCCN1CCC(OC(=O)Nc2ccccc2-c2ccccc2)CC1. The number of hydrogen-bond acceptors (Lipinski definition) is 8. The first-order valence-electron chi connectivity index (χ1n) is 16.2. The number of benzene rings is 4. The maximum absolute atomic E-state index is 13.0. The molecular weight excluding hydrogens is 592 g/mol. The Morgan fingerprint density at radius 3 is 2.34 bits per heavy atom. The molecule has 246 valence electrons. The number of anilines is 1. The average molecular weight is 637 g/mol. The summed E-state index contributed by atoms with van der Waals surface area (Å²) in [5.74, 6) is 0.830. The van der Waals surface area contributed by atoms with E-state index in [2.05, 4.69) is 20.9 Å². The molecule has 1 aliphatic heterocycles. The molecule has 9 heteroatoms. The fourth-order valence-electron chi connectivity index (χ4n) is 5.74. The molecule has 4 aromatic carbocycles. The third kappa shape index (κ3) is 10.1. The molecule has 0 unspecified atom stereocenters. The number of likely N-dealkylation sites (tertiary alicyclic amines) is 1. The number of aromatic hydroxyl groups is 1. The van der Waals surface area contributed by atoms with E-state index in [1.54, 1.807) is 19.2 Å². The molecule has 1 heterocycles. The Labute approximate surface area is 276 Å². The number of ketones is 1. The quantitative estimate of drug-likeness (QED) is 0.0945. The van der Waals surface area contributed by atoms with Gasteiger partial charge in [0.05, 0.1) is 24.9 Å². The number of rotatable bonds is 15. The number of phenols is 1. The number of piperidine rings is 1. The van der Waals surface area contributed by atoms with Crippen LogP contribution in [-0.2, 0) is 17.7 Å². The van der Waals surface area contributed by atoms with Crippen molar-refractivity contribution in [3.05, 3.63) is 114 Å². The predicted molar refractivity (Wildman–Crippen MR) is 185 cm³/mol. The average Bonchev–Trinajstić information content (AvgIpc) is 3.10. The fraction of sp³-hybridized carbons (Fsp3) is 0.316. The molecule has 0 atom stereocenters. The second-order valence-electron chi connectivity index (χ2n) is 11.7. The Hall–Kier alpha value is -4.70. The third-order valence-electron chi connectivity index (χ3n) is 8.37. The summed E-state index contributed by atoms with van der Waals surface area (Å²) in [4.78, 5) is 28.0. The van der Waals surface area contributed by atoms with Crippen LogP contribution >= 0.6 is 0 Å². The van der Waals surface area contributed by atoms with Crippen LogP contribution in [0.1, 0.15) is 34.3 Å². The molecular formula is C38H44N4O5. The van der Waals surface area contributed by atoms with Crippen molar-refractivity contribution in [3.63, 3.8) is 0 Å². The van der Waals surface area contributed by atoms with Crippen LogP contribution in [0.2, 0.25) is 0 Å². The second-order valence-corrected chi connectivity index (χ2v) is 11.7. The minimum Gasteiger partial charge on any atom is -0.508 e. The van der Waals surface area contributed by atoms with Crippen molar-refractivity contribution in [2.24, 2.45) is 0 Å². The van der Waals surface area contributed by atoms with Crippen molar-refractivity contribution in [3.8, 4) is 22.6 Å². The molecule has 0 bridgehead atoms. The zero-order valence-electron chi connectivity index (χ0n) is 26.9. The molecule has 47 heavy (non-hydrogen) atoms. The summed E-state index contributed by atoms with van der Waals surface area (Å²) in [6.07, 6.45) is 1.82. The minimum absolute atomic E-state index is 0.0133. The van der Waals surface area contributed by atoms with Gasteiger partial charge in [-0.1, -0.05) is 66.7 Å². The van der Waals surface area contributed by atoms with E-state index in [0.29, 0.717) is 24.4 Å². The van der Waals surface area contributed by atoms with E-state index in [0.717, 1.165) is 73.4 Å². The molecule has 0 spiro atoms. The molecule has 1 aliphatic rings. The predicted octanol–water partition coefficient (Wildman–Crippen LogP) is 5.89. The van der Waals surface area contributed by atoms with Crippen molar-refractivity contribution in [1.82, 2.24) is 15.5 Å². The number of para-hydroxylation sites is 1. The lowest BCUT2D eigenvalue weighted by atomic mass is 10.0. The molecule has 5 rings (SSSR count). The molecule has 1 fully saturated rings. The Bertz CT molecular complexity index is 1590. The van der Waals surface area contributed by atoms with E-state index in [4.69, 9.17) is 9.47 Å². The summed E-state index contributed by atoms with van der Waals surface area (Å²) >= 11 is 0. The lowest BCUT2D eigenvalue weighted by molar-refractivity contribution is 0.0593. The molecule has 0 aliphatic carbocycles. The van der Waals surface area contributed by atoms with Crippen LogP contribution in [0.5, 0.6) is 11.5 Å². The van der Waals surface area contributed by atoms with Gasteiger partial charge in [-0.25, -0.2) is 4.79 Å². The van der Waals surface area contributed by atoms with E-state index < -0.39 is 6.09 Å². The Morgan fingerprint density at radius 2 is 1.57 bits per heavy atom. The van der Waals surface area contributed by atoms with Crippen molar-refractivity contribution in [2.75, 3.05) is 51.7 Å². The largest absolute Gasteiger partial charge is 0.508 e. The summed E-state index contributed by atoms with van der Waals surface area (Å²) in [6.45, 7) is 4.82. The second kappa shape index (κ2) is 17.3. The number of carbonyl (C=O) groups excluding carboxylic acids is 2. The van der Waals surface area contributed by atoms with Crippen LogP contribution in [0.3, 0.4) is 0 Å². The number of carbonyl (C=O) groups is 2. The van der Waals surface area contributed by atoms with Gasteiger partial charge >= 0.3 is 6.09 Å². The van der Waals surface area contributed by atoms with E-state index in [1.165, 1.54) is 0 Å². The van der Waals surface area contributed by atoms with Gasteiger partial charge in [-0.2, -0.15) is 0 Å². The standard InChI is InChI=1S/C38H44N4O5/c1-46-37-25-29(26-39-20-17-28-11-14-31(43)15-12-28)13-16-34(37)36(44)27-40-21-24-42-22-18-32(19-23-42)47-38(45)41-35-10-6-5-9-33(35)30-7-3-2-4-8-30/h2-16,25,32,39-40,43H,17-24,26-27H2,1H3,(H,41,45). The van der Waals surface area contributed by atoms with E-state index in [1.807, 2.05) is 84.9 Å². The molecule has 4 aromatic rings. The molecule has 0 aromatic heterocycles. The highest BCUT2D eigenvalue weighted by molar-refractivity contribution is 6.00. The first-order chi connectivity index (χ1) is 23.0. The van der Waals surface area contributed by atoms with Gasteiger partial charge in [0.2, 0.25) is 0 Å². The zero-order valence-corrected chi connectivity index (χ0v) is 26.9. The van der Waals surface area contributed by atoms with Crippen molar-refractivity contribution in [1.29, 1.82) is 0 Å². The molecule has 9 nitrogen and oxygen atoms in total. The van der Waals surface area contributed by atoms with Gasteiger partial charge in [-0.15, -0.1) is 0 Å². The number of ether oxygens (including phenoxy) is 2. The summed E-state index contributed by atoms with van der Waals surface area (Å²) < 4.78 is 11.3. The number of Topliss-reactive ketones (excluding diaryl/α,β-unsaturated/α-hetero) is 1. The Kier molecular flexibility index (Phi) is 12.4. The number of phenolic OH excluding ortho intramolecular Hbond substituents is 1. The van der Waals surface area contributed by atoms with E-state index in [9.17, 15) is 14.7 Å². The van der Waals surface area contributed by atoms with Crippen LogP contribution in [-0.4, -0.2) is 74.4 Å². The van der Waals surface area contributed by atoms with Crippen LogP contribution in [0.15, 0.2) is 97.1 Å². The molecule has 1 amide bonds. The molecule has 0 saturated carbocycles. The van der Waals surface area contributed by atoms with Crippen molar-refractivity contribution >= 4 is 17.6 Å². The first-order valence-corrected chi connectivity index (χ1v) is 16.2. The Morgan fingerprint density at radius 1 is 0.851 bits per heavy atom. The highest BCUT2D eigenvalue weighted by Crippen LogP contribution is 2.28. The monoisotopic (exact) mass is 636 g/mol. The lowest BCUT2D eigenvalue weighted by Crippen LogP contribution is -2.42. The molecule has 1 saturated heterocycles. The number of nitrogens with one attached hydrogen (secondary N) is 3. The summed E-state index contributed by atoms with van der Waals surface area (Å²) in [5, 5.41) is 19.0. The third-order valence-corrected chi connectivity index (χ3v) is 8.37. The summed E-state index contributed by atoms with van der Waals surface area (Å²) in [7, 11) is 1.59. The van der Waals surface area contributed by atoms with Gasteiger partial charge in [-0.3, -0.25) is 10.1 Å². The number of hydrogen-bond donors (Lipinski definition) is 4. The maximum atomic E-state index is 13.0. The van der Waals surface area contributed by atoms with Gasteiger partial charge in [0.25, 0.3) is 0 Å². The van der Waals surface area contributed by atoms with Gasteiger partial charge < -0.3 is 30.1 Å². The normalized spacial score (nSPS) is 13.6. The van der Waals surface area contributed by atoms with Crippen molar-refractivity contribution in [2.45, 2.75) is 31.9 Å². The van der Waals surface area contributed by atoms with Crippen LogP contribution < -0.4 is 20.7 Å². The zero-order chi connectivity index (χ0) is 32.8. The van der Waals surface area contributed by atoms with Gasteiger partial charge in [-0.05, 0) is 72.8 Å². The lowest BCUT2D eigenvalue weighted by Gasteiger charge is -2.31.